The lowest BCUT2D eigenvalue weighted by Gasteiger charge is -2.38. The van der Waals surface area contributed by atoms with Crippen molar-refractivity contribution in [1.82, 2.24) is 0 Å². The molecule has 0 saturated heterocycles. The average Bonchev–Trinajstić information content (AvgIpc) is 2.39. The minimum atomic E-state index is -0.820. The molecule has 0 aliphatic carbocycles. The Kier molecular flexibility index (Phi) is 3.74. The van der Waals surface area contributed by atoms with Crippen LogP contribution in [0, 0.1) is 0 Å². The van der Waals surface area contributed by atoms with Gasteiger partial charge < -0.3 is 15.7 Å². The Bertz CT molecular complexity index is 501. The first-order chi connectivity index (χ1) is 9.06. The average molecular weight is 262 g/mol. The number of fused-ring (bicyclic) bond motifs is 1. The van der Waals surface area contributed by atoms with Crippen LogP contribution in [0.15, 0.2) is 24.3 Å². The summed E-state index contributed by atoms with van der Waals surface area (Å²) in [5, 5.41) is 9.27. The van der Waals surface area contributed by atoms with Gasteiger partial charge in [0, 0.05) is 12.2 Å². The van der Waals surface area contributed by atoms with E-state index in [1.165, 1.54) is 0 Å². The summed E-state index contributed by atoms with van der Waals surface area (Å²) in [5.74, 6) is -1.69. The minimum absolute atomic E-state index is 0.369. The maximum atomic E-state index is 11.5. The molecule has 1 heterocycles. The Labute approximate surface area is 112 Å². The summed E-state index contributed by atoms with van der Waals surface area (Å²) in [7, 11) is 0. The van der Waals surface area contributed by atoms with E-state index in [-0.39, 0.29) is 11.9 Å². The number of anilines is 1. The van der Waals surface area contributed by atoms with Crippen molar-refractivity contribution in [2.24, 2.45) is 5.73 Å². The van der Waals surface area contributed by atoms with Gasteiger partial charge in [-0.25, -0.2) is 0 Å². The molecule has 19 heavy (non-hydrogen) atoms. The molecule has 3 N–H and O–H groups in total. The zero-order chi connectivity index (χ0) is 14.0. The Hall–Kier alpha value is -2.04. The monoisotopic (exact) mass is 262 g/mol. The molecule has 1 aliphatic rings. The molecule has 1 amide bonds. The van der Waals surface area contributed by atoms with E-state index < -0.39 is 11.9 Å². The first kappa shape index (κ1) is 13.4. The second-order valence-corrected chi connectivity index (χ2v) is 4.76. The highest BCUT2D eigenvalue weighted by Gasteiger charge is 2.33. The van der Waals surface area contributed by atoms with Gasteiger partial charge in [0.15, 0.2) is 0 Å². The van der Waals surface area contributed by atoms with Gasteiger partial charge >= 0.3 is 5.97 Å². The third-order valence-corrected chi connectivity index (χ3v) is 3.67. The van der Waals surface area contributed by atoms with Crippen LogP contribution in [0.2, 0.25) is 0 Å². The predicted octanol–water partition coefficient (Wildman–Crippen LogP) is 1.33. The van der Waals surface area contributed by atoms with Gasteiger partial charge in [-0.15, -0.1) is 0 Å². The second kappa shape index (κ2) is 5.30. The molecule has 0 radical (unpaired) electrons. The first-order valence-electron chi connectivity index (χ1n) is 6.44. The third kappa shape index (κ3) is 2.41. The number of hydrogen-bond donors (Lipinski definition) is 2. The minimum Gasteiger partial charge on any atom is -0.481 e. The van der Waals surface area contributed by atoms with Crippen LogP contribution < -0.4 is 10.6 Å². The molecule has 1 aliphatic heterocycles. The van der Waals surface area contributed by atoms with Crippen LogP contribution in [-0.2, 0) is 9.59 Å². The van der Waals surface area contributed by atoms with Crippen molar-refractivity contribution >= 4 is 17.6 Å². The Morgan fingerprint density at radius 2 is 2.16 bits per heavy atom. The topological polar surface area (TPSA) is 83.6 Å². The number of hydrogen-bond acceptors (Lipinski definition) is 3. The molecule has 1 aromatic carbocycles. The van der Waals surface area contributed by atoms with Crippen molar-refractivity contribution in [1.29, 1.82) is 0 Å². The summed E-state index contributed by atoms with van der Waals surface area (Å²) in [4.78, 5) is 24.7. The van der Waals surface area contributed by atoms with Crippen molar-refractivity contribution in [3.05, 3.63) is 29.8 Å². The SMILES string of the molecule is CCC(C(N)=O)N1CCC(C(=O)O)c2ccccc21. The van der Waals surface area contributed by atoms with Crippen molar-refractivity contribution in [3.8, 4) is 0 Å². The van der Waals surface area contributed by atoms with Crippen LogP contribution in [0.1, 0.15) is 31.2 Å². The lowest BCUT2D eigenvalue weighted by molar-refractivity contribution is -0.139. The van der Waals surface area contributed by atoms with E-state index in [4.69, 9.17) is 5.73 Å². The van der Waals surface area contributed by atoms with E-state index in [0.29, 0.717) is 19.4 Å². The van der Waals surface area contributed by atoms with E-state index >= 15 is 0 Å². The lowest BCUT2D eigenvalue weighted by Crippen LogP contribution is -2.47. The quantitative estimate of drug-likeness (QED) is 0.857. The zero-order valence-corrected chi connectivity index (χ0v) is 10.9. The van der Waals surface area contributed by atoms with Crippen LogP contribution in [0.25, 0.3) is 0 Å². The van der Waals surface area contributed by atoms with Gasteiger partial charge in [-0.2, -0.15) is 0 Å². The Morgan fingerprint density at radius 1 is 1.47 bits per heavy atom. The highest BCUT2D eigenvalue weighted by Crippen LogP contribution is 2.36. The Balaban J connectivity index is 2.43. The molecule has 2 unspecified atom stereocenters. The molecule has 5 nitrogen and oxygen atoms in total. The summed E-state index contributed by atoms with van der Waals surface area (Å²) < 4.78 is 0. The highest BCUT2D eigenvalue weighted by molar-refractivity contribution is 5.86. The van der Waals surface area contributed by atoms with Crippen LogP contribution in [0.4, 0.5) is 5.69 Å². The number of amides is 1. The number of para-hydroxylation sites is 1. The molecule has 0 fully saturated rings. The summed E-state index contributed by atoms with van der Waals surface area (Å²) in [6, 6.07) is 6.97. The fourth-order valence-electron chi connectivity index (χ4n) is 2.74. The summed E-state index contributed by atoms with van der Waals surface area (Å²) in [6.45, 7) is 2.44. The van der Waals surface area contributed by atoms with E-state index in [9.17, 15) is 14.7 Å². The highest BCUT2D eigenvalue weighted by atomic mass is 16.4. The van der Waals surface area contributed by atoms with Gasteiger partial charge in [0.25, 0.3) is 0 Å². The number of benzene rings is 1. The number of carbonyl (C=O) groups excluding carboxylic acids is 1. The number of aliphatic carboxylic acids is 1. The molecule has 2 atom stereocenters. The third-order valence-electron chi connectivity index (χ3n) is 3.67. The van der Waals surface area contributed by atoms with Gasteiger partial charge in [-0.05, 0) is 24.5 Å². The van der Waals surface area contributed by atoms with E-state index in [1.54, 1.807) is 0 Å². The number of nitrogens with zero attached hydrogens (tertiary/aromatic N) is 1. The number of primary amides is 1. The van der Waals surface area contributed by atoms with E-state index in [2.05, 4.69) is 0 Å². The summed E-state index contributed by atoms with van der Waals surface area (Å²) >= 11 is 0. The van der Waals surface area contributed by atoms with Crippen molar-refractivity contribution in [2.45, 2.75) is 31.7 Å². The lowest BCUT2D eigenvalue weighted by atomic mass is 9.89. The maximum absolute atomic E-state index is 11.5. The van der Waals surface area contributed by atoms with Crippen molar-refractivity contribution in [2.75, 3.05) is 11.4 Å². The fourth-order valence-corrected chi connectivity index (χ4v) is 2.74. The van der Waals surface area contributed by atoms with Crippen LogP contribution in [0.5, 0.6) is 0 Å². The number of rotatable bonds is 4. The van der Waals surface area contributed by atoms with Gasteiger partial charge in [-0.1, -0.05) is 25.1 Å². The summed E-state index contributed by atoms with van der Waals surface area (Å²) in [5.41, 5.74) is 7.01. The second-order valence-electron chi connectivity index (χ2n) is 4.76. The number of carboxylic acid groups (broad SMARTS) is 1. The smallest absolute Gasteiger partial charge is 0.311 e. The standard InChI is InChI=1S/C14H18N2O3/c1-2-11(13(15)17)16-8-7-10(14(18)19)9-5-3-4-6-12(9)16/h3-6,10-11H,2,7-8H2,1H3,(H2,15,17)(H,18,19). The normalized spacial score (nSPS) is 19.6. The van der Waals surface area contributed by atoms with Gasteiger partial charge in [0.05, 0.1) is 5.92 Å². The molecular formula is C14H18N2O3. The molecular weight excluding hydrogens is 244 g/mol. The van der Waals surface area contributed by atoms with Crippen LogP contribution in [0.3, 0.4) is 0 Å². The van der Waals surface area contributed by atoms with Gasteiger partial charge in [0.1, 0.15) is 6.04 Å². The number of carbonyl (C=O) groups is 2. The van der Waals surface area contributed by atoms with E-state index in [1.807, 2.05) is 36.1 Å². The molecule has 102 valence electrons. The molecule has 0 saturated carbocycles. The van der Waals surface area contributed by atoms with Gasteiger partial charge in [0.2, 0.25) is 5.91 Å². The molecule has 5 heteroatoms. The number of carboxylic acids is 1. The molecule has 1 aromatic rings. The molecule has 0 spiro atoms. The molecule has 2 rings (SSSR count). The van der Waals surface area contributed by atoms with Gasteiger partial charge in [-0.3, -0.25) is 9.59 Å². The largest absolute Gasteiger partial charge is 0.481 e. The maximum Gasteiger partial charge on any atom is 0.311 e. The van der Waals surface area contributed by atoms with Crippen LogP contribution in [-0.4, -0.2) is 29.6 Å². The predicted molar refractivity (Wildman–Crippen MR) is 72.1 cm³/mol. The molecule has 0 bridgehead atoms. The van der Waals surface area contributed by atoms with Crippen LogP contribution >= 0.6 is 0 Å². The first-order valence-corrected chi connectivity index (χ1v) is 6.44. The zero-order valence-electron chi connectivity index (χ0n) is 10.9. The van der Waals surface area contributed by atoms with Crippen molar-refractivity contribution < 1.29 is 14.7 Å². The molecule has 0 aromatic heterocycles. The number of nitrogens with two attached hydrogens (primary N) is 1. The van der Waals surface area contributed by atoms with E-state index in [0.717, 1.165) is 11.3 Å². The van der Waals surface area contributed by atoms with Crippen molar-refractivity contribution in [3.63, 3.8) is 0 Å². The Morgan fingerprint density at radius 3 is 2.74 bits per heavy atom. The fraction of sp³-hybridized carbons (Fsp3) is 0.429. The summed E-state index contributed by atoms with van der Waals surface area (Å²) in [6.07, 6.45) is 1.11.